The van der Waals surface area contributed by atoms with Crippen LogP contribution < -0.4 is 15.2 Å². The Morgan fingerprint density at radius 3 is 2.90 bits per heavy atom. The summed E-state index contributed by atoms with van der Waals surface area (Å²) in [7, 11) is 1.65. The molecule has 0 aliphatic heterocycles. The molecule has 108 valence electrons. The van der Waals surface area contributed by atoms with Gasteiger partial charge in [-0.05, 0) is 24.1 Å². The minimum Gasteiger partial charge on any atom is -0.496 e. The molecule has 0 aliphatic carbocycles. The molecule has 20 heavy (non-hydrogen) atoms. The van der Waals surface area contributed by atoms with E-state index in [-0.39, 0.29) is 0 Å². The van der Waals surface area contributed by atoms with Crippen molar-refractivity contribution in [2.45, 2.75) is 33.0 Å². The van der Waals surface area contributed by atoms with Crippen LogP contribution in [0.1, 0.15) is 24.5 Å². The average Bonchev–Trinajstić information content (AvgIpc) is 2.93. The van der Waals surface area contributed by atoms with Crippen molar-refractivity contribution in [2.75, 3.05) is 7.11 Å². The maximum atomic E-state index is 5.73. The highest BCUT2D eigenvalue weighted by atomic mass is 16.5. The fourth-order valence-electron chi connectivity index (χ4n) is 2.02. The maximum absolute atomic E-state index is 5.73. The topological polar surface area (TPSA) is 62.3 Å². The molecule has 1 aromatic heterocycles. The van der Waals surface area contributed by atoms with Crippen LogP contribution in [0.4, 0.5) is 0 Å². The van der Waals surface area contributed by atoms with Crippen LogP contribution in [0.5, 0.6) is 11.5 Å². The molecule has 1 aromatic carbocycles. The summed E-state index contributed by atoms with van der Waals surface area (Å²) in [5.74, 6) is 1.59. The van der Waals surface area contributed by atoms with E-state index in [0.29, 0.717) is 13.2 Å². The van der Waals surface area contributed by atoms with E-state index in [1.54, 1.807) is 13.3 Å². The molecule has 5 nitrogen and oxygen atoms in total. The van der Waals surface area contributed by atoms with Gasteiger partial charge in [0.05, 0.1) is 19.5 Å². The number of hydrogen-bond acceptors (Lipinski definition) is 4. The molecule has 0 saturated carbocycles. The quantitative estimate of drug-likeness (QED) is 0.842. The van der Waals surface area contributed by atoms with Gasteiger partial charge in [-0.15, -0.1) is 0 Å². The SMILES string of the molecule is CCCn1cc(OCc2ccc(OC)c(CN)c2)cn1. The average molecular weight is 275 g/mol. The molecule has 0 fully saturated rings. The lowest BCUT2D eigenvalue weighted by Gasteiger charge is -2.09. The largest absolute Gasteiger partial charge is 0.496 e. The van der Waals surface area contributed by atoms with Crippen LogP contribution in [-0.4, -0.2) is 16.9 Å². The van der Waals surface area contributed by atoms with Crippen molar-refractivity contribution >= 4 is 0 Å². The molecule has 2 rings (SSSR count). The molecule has 2 aromatic rings. The fourth-order valence-corrected chi connectivity index (χ4v) is 2.02. The lowest BCUT2D eigenvalue weighted by Crippen LogP contribution is -2.02. The summed E-state index contributed by atoms with van der Waals surface area (Å²) in [6.45, 7) is 3.97. The Balaban J connectivity index is 1.99. The maximum Gasteiger partial charge on any atom is 0.157 e. The number of nitrogens with two attached hydrogens (primary N) is 1. The Kier molecular flexibility index (Phi) is 5.01. The number of ether oxygens (including phenoxy) is 2. The van der Waals surface area contributed by atoms with Crippen LogP contribution in [-0.2, 0) is 19.7 Å². The van der Waals surface area contributed by atoms with Gasteiger partial charge in [0.25, 0.3) is 0 Å². The number of hydrogen-bond donors (Lipinski definition) is 1. The Morgan fingerprint density at radius 1 is 1.35 bits per heavy atom. The van der Waals surface area contributed by atoms with Gasteiger partial charge in [0, 0.05) is 18.7 Å². The summed E-state index contributed by atoms with van der Waals surface area (Å²) in [6.07, 6.45) is 4.71. The fraction of sp³-hybridized carbons (Fsp3) is 0.400. The minimum atomic E-state index is 0.450. The zero-order valence-corrected chi connectivity index (χ0v) is 12.0. The van der Waals surface area contributed by atoms with Crippen LogP contribution in [0.15, 0.2) is 30.6 Å². The first-order valence-electron chi connectivity index (χ1n) is 6.78. The van der Waals surface area contributed by atoms with Gasteiger partial charge >= 0.3 is 0 Å². The van der Waals surface area contributed by atoms with Crippen molar-refractivity contribution in [3.8, 4) is 11.5 Å². The predicted molar refractivity (Wildman–Crippen MR) is 77.7 cm³/mol. The molecular weight excluding hydrogens is 254 g/mol. The van der Waals surface area contributed by atoms with Gasteiger partial charge in [-0.1, -0.05) is 13.0 Å². The number of rotatable bonds is 7. The zero-order valence-electron chi connectivity index (χ0n) is 12.0. The van der Waals surface area contributed by atoms with Crippen molar-refractivity contribution in [1.82, 2.24) is 9.78 Å². The van der Waals surface area contributed by atoms with Crippen LogP contribution in [0, 0.1) is 0 Å². The summed E-state index contributed by atoms with van der Waals surface area (Å²) in [5, 5.41) is 4.23. The standard InChI is InChI=1S/C15H21N3O2/c1-3-6-18-10-14(9-17-18)20-11-12-4-5-15(19-2)13(7-12)8-16/h4-5,7,9-10H,3,6,8,11,16H2,1-2H3. The molecule has 0 bridgehead atoms. The predicted octanol–water partition coefficient (Wildman–Crippen LogP) is 2.34. The summed E-state index contributed by atoms with van der Waals surface area (Å²) in [4.78, 5) is 0. The van der Waals surface area contributed by atoms with Gasteiger partial charge < -0.3 is 15.2 Å². The van der Waals surface area contributed by atoms with Crippen molar-refractivity contribution in [3.05, 3.63) is 41.7 Å². The number of aryl methyl sites for hydroxylation is 1. The van der Waals surface area contributed by atoms with Gasteiger partial charge in [0.2, 0.25) is 0 Å². The second-order valence-corrected chi connectivity index (χ2v) is 4.58. The van der Waals surface area contributed by atoms with Gasteiger partial charge in [0.1, 0.15) is 12.4 Å². The van der Waals surface area contributed by atoms with E-state index in [9.17, 15) is 0 Å². The first kappa shape index (κ1) is 14.4. The van der Waals surface area contributed by atoms with Crippen LogP contribution >= 0.6 is 0 Å². The van der Waals surface area contributed by atoms with E-state index >= 15 is 0 Å². The van der Waals surface area contributed by atoms with E-state index < -0.39 is 0 Å². The zero-order chi connectivity index (χ0) is 14.4. The first-order chi connectivity index (χ1) is 9.76. The van der Waals surface area contributed by atoms with E-state index in [4.69, 9.17) is 15.2 Å². The lowest BCUT2D eigenvalue weighted by atomic mass is 10.1. The van der Waals surface area contributed by atoms with E-state index in [2.05, 4.69) is 12.0 Å². The van der Waals surface area contributed by atoms with Crippen molar-refractivity contribution in [2.24, 2.45) is 5.73 Å². The van der Waals surface area contributed by atoms with Gasteiger partial charge in [-0.3, -0.25) is 4.68 Å². The molecule has 0 aliphatic rings. The van der Waals surface area contributed by atoms with Crippen molar-refractivity contribution < 1.29 is 9.47 Å². The Labute approximate surface area is 119 Å². The monoisotopic (exact) mass is 275 g/mol. The first-order valence-corrected chi connectivity index (χ1v) is 6.78. The molecule has 0 radical (unpaired) electrons. The third-order valence-corrected chi connectivity index (χ3v) is 3.03. The minimum absolute atomic E-state index is 0.450. The second-order valence-electron chi connectivity index (χ2n) is 4.58. The van der Waals surface area contributed by atoms with Gasteiger partial charge in [0.15, 0.2) is 5.75 Å². The summed E-state index contributed by atoms with van der Waals surface area (Å²) in [5.41, 5.74) is 7.75. The summed E-state index contributed by atoms with van der Waals surface area (Å²) < 4.78 is 12.9. The Hall–Kier alpha value is -2.01. The molecule has 1 heterocycles. The molecule has 0 spiro atoms. The highest BCUT2D eigenvalue weighted by Crippen LogP contribution is 2.20. The van der Waals surface area contributed by atoms with E-state index in [0.717, 1.165) is 35.6 Å². The smallest absolute Gasteiger partial charge is 0.157 e. The normalized spacial score (nSPS) is 10.6. The number of methoxy groups -OCH3 is 1. The second kappa shape index (κ2) is 6.96. The van der Waals surface area contributed by atoms with E-state index in [1.165, 1.54) is 0 Å². The molecule has 0 saturated heterocycles. The van der Waals surface area contributed by atoms with Crippen LogP contribution in [0.2, 0.25) is 0 Å². The highest BCUT2D eigenvalue weighted by Gasteiger charge is 2.04. The number of nitrogens with zero attached hydrogens (tertiary/aromatic N) is 2. The Morgan fingerprint density at radius 2 is 2.20 bits per heavy atom. The molecular formula is C15H21N3O2. The molecule has 0 unspecified atom stereocenters. The van der Waals surface area contributed by atoms with Crippen molar-refractivity contribution in [3.63, 3.8) is 0 Å². The number of aromatic nitrogens is 2. The van der Waals surface area contributed by atoms with Gasteiger partial charge in [-0.25, -0.2) is 0 Å². The van der Waals surface area contributed by atoms with Crippen molar-refractivity contribution in [1.29, 1.82) is 0 Å². The summed E-state index contributed by atoms with van der Waals surface area (Å²) >= 11 is 0. The van der Waals surface area contributed by atoms with Crippen LogP contribution in [0.25, 0.3) is 0 Å². The molecule has 5 heteroatoms. The molecule has 0 amide bonds. The highest BCUT2D eigenvalue weighted by molar-refractivity contribution is 5.37. The summed E-state index contributed by atoms with van der Waals surface area (Å²) in [6, 6.07) is 5.91. The third kappa shape index (κ3) is 3.51. The third-order valence-electron chi connectivity index (χ3n) is 3.03. The Bertz CT molecular complexity index is 552. The van der Waals surface area contributed by atoms with Gasteiger partial charge in [-0.2, -0.15) is 5.10 Å². The van der Waals surface area contributed by atoms with E-state index in [1.807, 2.05) is 29.1 Å². The molecule has 0 atom stereocenters. The molecule has 2 N–H and O–H groups in total. The lowest BCUT2D eigenvalue weighted by molar-refractivity contribution is 0.305. The van der Waals surface area contributed by atoms with Crippen LogP contribution in [0.3, 0.4) is 0 Å². The number of benzene rings is 1.